The van der Waals surface area contributed by atoms with Crippen molar-refractivity contribution in [2.45, 2.75) is 13.0 Å². The number of rotatable bonds is 4. The smallest absolute Gasteiger partial charge is 0.264 e. The van der Waals surface area contributed by atoms with Gasteiger partial charge < -0.3 is 10.6 Å². The predicted octanol–water partition coefficient (Wildman–Crippen LogP) is 0.916. The Labute approximate surface area is 110 Å². The molecule has 1 amide bonds. The fourth-order valence-electron chi connectivity index (χ4n) is 1.60. The molecule has 6 nitrogen and oxygen atoms in total. The van der Waals surface area contributed by atoms with E-state index in [9.17, 15) is 9.59 Å². The van der Waals surface area contributed by atoms with Crippen LogP contribution in [0.15, 0.2) is 35.1 Å². The average molecular weight is 260 g/mol. The van der Waals surface area contributed by atoms with Crippen LogP contribution >= 0.6 is 0 Å². The number of benzene rings is 1. The number of amides is 1. The minimum absolute atomic E-state index is 0.0923. The van der Waals surface area contributed by atoms with Gasteiger partial charge in [0.25, 0.3) is 5.56 Å². The van der Waals surface area contributed by atoms with Crippen LogP contribution in [0.1, 0.15) is 6.92 Å². The topological polar surface area (TPSA) is 89.8 Å². The maximum atomic E-state index is 11.7. The Balaban J connectivity index is 2.11. The predicted molar refractivity (Wildman–Crippen MR) is 74.0 cm³/mol. The lowest BCUT2D eigenvalue weighted by atomic mass is 10.1. The zero-order chi connectivity index (χ0) is 13.8. The highest BCUT2D eigenvalue weighted by atomic mass is 16.2. The van der Waals surface area contributed by atoms with E-state index in [1.54, 1.807) is 26.1 Å². The normalized spacial score (nSPS) is 12.1. The van der Waals surface area contributed by atoms with Crippen LogP contribution in [-0.4, -0.2) is 29.2 Å². The Kier molecular flexibility index (Phi) is 3.82. The summed E-state index contributed by atoms with van der Waals surface area (Å²) in [7, 11) is 1.73. The molecule has 1 atom stereocenters. The maximum Gasteiger partial charge on any atom is 0.264 e. The fraction of sp³-hybridized carbons (Fsp3) is 0.231. The molecule has 4 N–H and O–H groups in total. The van der Waals surface area contributed by atoms with E-state index in [1.807, 2.05) is 12.1 Å². The van der Waals surface area contributed by atoms with Crippen LogP contribution in [0.5, 0.6) is 0 Å². The van der Waals surface area contributed by atoms with Gasteiger partial charge in [0.15, 0.2) is 0 Å². The van der Waals surface area contributed by atoms with Gasteiger partial charge in [0.2, 0.25) is 5.91 Å². The monoisotopic (exact) mass is 260 g/mol. The number of likely N-dealkylation sites (N-methyl/N-ethyl adjacent to an activating group) is 1. The van der Waals surface area contributed by atoms with Crippen molar-refractivity contribution >= 4 is 11.6 Å². The van der Waals surface area contributed by atoms with Gasteiger partial charge in [0.05, 0.1) is 11.7 Å². The number of H-pyrrole nitrogens is 2. The van der Waals surface area contributed by atoms with E-state index < -0.39 is 0 Å². The van der Waals surface area contributed by atoms with Crippen LogP contribution in [0.2, 0.25) is 0 Å². The molecule has 0 saturated heterocycles. The average Bonchev–Trinajstić information content (AvgIpc) is 2.85. The Morgan fingerprint density at radius 1 is 1.21 bits per heavy atom. The molecule has 0 aliphatic heterocycles. The van der Waals surface area contributed by atoms with Crippen LogP contribution in [0, 0.1) is 0 Å². The number of aromatic nitrogens is 2. The SMILES string of the molecule is CNC(C)C(=O)Nc1ccc(-c2cc(=O)[nH][nH]2)cc1. The van der Waals surface area contributed by atoms with E-state index in [4.69, 9.17) is 0 Å². The molecule has 1 heterocycles. The number of hydrogen-bond acceptors (Lipinski definition) is 3. The summed E-state index contributed by atoms with van der Waals surface area (Å²) < 4.78 is 0. The Morgan fingerprint density at radius 3 is 2.42 bits per heavy atom. The largest absolute Gasteiger partial charge is 0.325 e. The molecule has 0 fully saturated rings. The summed E-state index contributed by atoms with van der Waals surface area (Å²) in [5.41, 5.74) is 2.13. The van der Waals surface area contributed by atoms with Crippen LogP contribution in [0.3, 0.4) is 0 Å². The van der Waals surface area contributed by atoms with E-state index in [0.29, 0.717) is 11.4 Å². The van der Waals surface area contributed by atoms with Gasteiger partial charge in [-0.2, -0.15) is 0 Å². The fourth-order valence-corrected chi connectivity index (χ4v) is 1.60. The molecule has 0 spiro atoms. The highest BCUT2D eigenvalue weighted by Gasteiger charge is 2.10. The Morgan fingerprint density at radius 2 is 1.89 bits per heavy atom. The molecule has 1 unspecified atom stereocenters. The summed E-state index contributed by atoms with van der Waals surface area (Å²) >= 11 is 0. The van der Waals surface area contributed by atoms with Gasteiger partial charge >= 0.3 is 0 Å². The molecule has 0 radical (unpaired) electrons. The lowest BCUT2D eigenvalue weighted by molar-refractivity contribution is -0.117. The van der Waals surface area contributed by atoms with E-state index in [1.165, 1.54) is 6.07 Å². The summed E-state index contributed by atoms with van der Waals surface area (Å²) in [4.78, 5) is 22.7. The van der Waals surface area contributed by atoms with E-state index in [0.717, 1.165) is 5.56 Å². The number of hydrogen-bond donors (Lipinski definition) is 4. The van der Waals surface area contributed by atoms with Crippen molar-refractivity contribution in [3.8, 4) is 11.3 Å². The second-order valence-electron chi connectivity index (χ2n) is 4.25. The zero-order valence-electron chi connectivity index (χ0n) is 10.8. The third-order valence-corrected chi connectivity index (χ3v) is 2.89. The summed E-state index contributed by atoms with van der Waals surface area (Å²) in [5.74, 6) is -0.0923. The van der Waals surface area contributed by atoms with E-state index in [-0.39, 0.29) is 17.5 Å². The highest BCUT2D eigenvalue weighted by molar-refractivity contribution is 5.94. The van der Waals surface area contributed by atoms with Crippen molar-refractivity contribution in [3.63, 3.8) is 0 Å². The van der Waals surface area contributed by atoms with E-state index >= 15 is 0 Å². The minimum atomic E-state index is -0.249. The third-order valence-electron chi connectivity index (χ3n) is 2.89. The van der Waals surface area contributed by atoms with Crippen LogP contribution < -0.4 is 16.2 Å². The number of carbonyl (C=O) groups excluding carboxylic acids is 1. The molecule has 0 bridgehead atoms. The van der Waals surface area contributed by atoms with Gasteiger partial charge in [-0.05, 0) is 31.7 Å². The van der Waals surface area contributed by atoms with Gasteiger partial charge in [0, 0.05) is 11.8 Å². The number of nitrogens with one attached hydrogen (secondary N) is 4. The first-order valence-electron chi connectivity index (χ1n) is 5.96. The van der Waals surface area contributed by atoms with Gasteiger partial charge in [-0.15, -0.1) is 0 Å². The first kappa shape index (κ1) is 13.1. The Hall–Kier alpha value is -2.34. The van der Waals surface area contributed by atoms with Crippen LogP contribution in [0.4, 0.5) is 5.69 Å². The highest BCUT2D eigenvalue weighted by Crippen LogP contribution is 2.18. The molecule has 0 aliphatic carbocycles. The molecular weight excluding hydrogens is 244 g/mol. The first-order valence-corrected chi connectivity index (χ1v) is 5.96. The number of aromatic amines is 2. The lowest BCUT2D eigenvalue weighted by Gasteiger charge is -2.11. The number of anilines is 1. The molecule has 6 heteroatoms. The molecule has 2 rings (SSSR count). The van der Waals surface area contributed by atoms with Crippen LogP contribution in [0.25, 0.3) is 11.3 Å². The summed E-state index contributed by atoms with van der Waals surface area (Å²) in [6.07, 6.45) is 0. The minimum Gasteiger partial charge on any atom is -0.325 e. The van der Waals surface area contributed by atoms with Crippen molar-refractivity contribution in [1.29, 1.82) is 0 Å². The summed E-state index contributed by atoms with van der Waals surface area (Å²) in [5, 5.41) is 10.9. The molecule has 2 aromatic rings. The first-order chi connectivity index (χ1) is 9.10. The zero-order valence-corrected chi connectivity index (χ0v) is 10.8. The summed E-state index contributed by atoms with van der Waals surface area (Å²) in [6, 6.07) is 8.48. The molecule has 100 valence electrons. The maximum absolute atomic E-state index is 11.7. The van der Waals surface area contributed by atoms with Gasteiger partial charge in [0.1, 0.15) is 0 Å². The van der Waals surface area contributed by atoms with Gasteiger partial charge in [-0.1, -0.05) is 12.1 Å². The van der Waals surface area contributed by atoms with Crippen LogP contribution in [-0.2, 0) is 4.79 Å². The molecule has 1 aromatic heterocycles. The van der Waals surface area contributed by atoms with Gasteiger partial charge in [-0.25, -0.2) is 0 Å². The van der Waals surface area contributed by atoms with Crippen molar-refractivity contribution in [1.82, 2.24) is 15.5 Å². The van der Waals surface area contributed by atoms with E-state index in [2.05, 4.69) is 20.8 Å². The Bertz CT molecular complexity index is 612. The lowest BCUT2D eigenvalue weighted by Crippen LogP contribution is -2.35. The van der Waals surface area contributed by atoms with Crippen molar-refractivity contribution in [3.05, 3.63) is 40.7 Å². The second-order valence-corrected chi connectivity index (χ2v) is 4.25. The molecular formula is C13H16N4O2. The van der Waals surface area contributed by atoms with Gasteiger partial charge in [-0.3, -0.25) is 19.8 Å². The second kappa shape index (κ2) is 5.53. The molecule has 1 aromatic carbocycles. The van der Waals surface area contributed by atoms with Crippen molar-refractivity contribution in [2.24, 2.45) is 0 Å². The van der Waals surface area contributed by atoms with Crippen molar-refractivity contribution in [2.75, 3.05) is 12.4 Å². The van der Waals surface area contributed by atoms with Crippen molar-refractivity contribution < 1.29 is 4.79 Å². The summed E-state index contributed by atoms with van der Waals surface area (Å²) in [6.45, 7) is 1.79. The quantitative estimate of drug-likeness (QED) is 0.659. The molecule has 0 aliphatic rings. The molecule has 0 saturated carbocycles. The third kappa shape index (κ3) is 3.11. The number of carbonyl (C=O) groups is 1. The molecule has 19 heavy (non-hydrogen) atoms. The standard InChI is InChI=1S/C13H16N4O2/c1-8(14-2)13(19)15-10-5-3-9(4-6-10)11-7-12(18)17-16-11/h3-8,14H,1-2H3,(H,15,19)(H2,16,17,18).